The summed E-state index contributed by atoms with van der Waals surface area (Å²) in [6.45, 7) is 4.02. The van der Waals surface area contributed by atoms with E-state index in [1.807, 2.05) is 0 Å². The number of ketones is 1. The molecule has 0 aromatic heterocycles. The zero-order valence-electron chi connectivity index (χ0n) is 27.8. The highest BCUT2D eigenvalue weighted by Gasteiger charge is 2.22. The molecule has 0 amide bonds. The molecule has 42 heavy (non-hydrogen) atoms. The summed E-state index contributed by atoms with van der Waals surface area (Å²) in [6.07, 6.45) is 34.0. The van der Waals surface area contributed by atoms with Gasteiger partial charge in [0.05, 0.1) is 6.61 Å². The van der Waals surface area contributed by atoms with Gasteiger partial charge >= 0.3 is 0 Å². The Kier molecular flexibility index (Phi) is 31.3. The summed E-state index contributed by atoms with van der Waals surface area (Å²) in [6, 6.07) is 0. The van der Waals surface area contributed by atoms with Crippen LogP contribution >= 0.6 is 12.2 Å². The maximum Gasteiger partial charge on any atom is 0.135 e. The summed E-state index contributed by atoms with van der Waals surface area (Å²) < 4.78 is 0. The predicted octanol–water partition coefficient (Wildman–Crippen LogP) is 10.4. The molecule has 0 aliphatic carbocycles. The van der Waals surface area contributed by atoms with E-state index in [0.29, 0.717) is 23.5 Å². The summed E-state index contributed by atoms with van der Waals surface area (Å²) in [5.41, 5.74) is 0. The SMILES string of the molecule is CCCCCCCCC=CCCCCCCCC(=O)C(CCCCCCCCCCC)CCCC(=S)C(O)C(O)CO. The summed E-state index contributed by atoms with van der Waals surface area (Å²) in [5.74, 6) is 0.475. The average molecular weight is 611 g/mol. The number of allylic oxidation sites excluding steroid dienone is 2. The lowest BCUT2D eigenvalue weighted by Crippen LogP contribution is -2.35. The Bertz CT molecular complexity index is 635. The molecule has 5 heteroatoms. The van der Waals surface area contributed by atoms with Crippen molar-refractivity contribution in [2.75, 3.05) is 6.61 Å². The second-order valence-corrected chi connectivity index (χ2v) is 13.2. The Morgan fingerprint density at radius 1 is 0.595 bits per heavy atom. The van der Waals surface area contributed by atoms with Crippen LogP contribution < -0.4 is 0 Å². The molecular formula is C37H70O4S. The van der Waals surface area contributed by atoms with Crippen molar-refractivity contribution in [3.63, 3.8) is 0 Å². The number of aliphatic hydroxyl groups excluding tert-OH is 3. The molecule has 0 spiro atoms. The molecular weight excluding hydrogens is 540 g/mol. The van der Waals surface area contributed by atoms with Gasteiger partial charge in [-0.3, -0.25) is 4.79 Å². The summed E-state index contributed by atoms with van der Waals surface area (Å²) >= 11 is 5.27. The van der Waals surface area contributed by atoms with Crippen LogP contribution in [0.2, 0.25) is 0 Å². The molecule has 0 fully saturated rings. The number of hydrogen-bond acceptors (Lipinski definition) is 5. The minimum absolute atomic E-state index is 0.0778. The number of rotatable bonds is 33. The number of hydrogen-bond donors (Lipinski definition) is 3. The first-order valence-corrected chi connectivity index (χ1v) is 18.6. The van der Waals surface area contributed by atoms with Gasteiger partial charge in [0.15, 0.2) is 0 Å². The molecule has 4 nitrogen and oxygen atoms in total. The third kappa shape index (κ3) is 25.8. The first-order valence-electron chi connectivity index (χ1n) is 18.1. The van der Waals surface area contributed by atoms with Crippen LogP contribution in [0, 0.1) is 5.92 Å². The van der Waals surface area contributed by atoms with E-state index in [1.165, 1.54) is 122 Å². The van der Waals surface area contributed by atoms with E-state index in [4.69, 9.17) is 17.3 Å². The molecule has 0 saturated carbocycles. The average Bonchev–Trinajstić information content (AvgIpc) is 3.00. The number of carbonyl (C=O) groups is 1. The Hall–Kier alpha value is -0.620. The van der Waals surface area contributed by atoms with E-state index in [0.717, 1.165) is 38.5 Å². The molecule has 3 atom stereocenters. The molecule has 0 radical (unpaired) electrons. The van der Waals surface area contributed by atoms with Gasteiger partial charge in [-0.05, 0) is 57.8 Å². The molecule has 3 N–H and O–H groups in total. The van der Waals surface area contributed by atoms with Crippen LogP contribution in [0.1, 0.15) is 187 Å². The molecule has 248 valence electrons. The van der Waals surface area contributed by atoms with Crippen molar-refractivity contribution in [1.82, 2.24) is 0 Å². The highest BCUT2D eigenvalue weighted by Crippen LogP contribution is 2.23. The van der Waals surface area contributed by atoms with Crippen LogP contribution in [-0.2, 0) is 4.79 Å². The molecule has 0 rings (SSSR count). The van der Waals surface area contributed by atoms with Crippen LogP contribution in [0.15, 0.2) is 12.2 Å². The standard InChI is InChI=1S/C37H70O4S/c1-3-5-7-9-11-13-14-15-16-17-18-20-22-24-26-30-34(39)33(28-25-23-21-19-12-10-8-6-4-2)29-27-31-36(42)37(41)35(40)32-38/h15-16,33,35,37-38,40-41H,3-14,17-32H2,1-2H3. The maximum atomic E-state index is 13.1. The van der Waals surface area contributed by atoms with E-state index in [2.05, 4.69) is 26.0 Å². The normalized spacial score (nSPS) is 13.9. The fourth-order valence-electron chi connectivity index (χ4n) is 5.73. The topological polar surface area (TPSA) is 77.8 Å². The third-order valence-electron chi connectivity index (χ3n) is 8.65. The first kappa shape index (κ1) is 41.4. The van der Waals surface area contributed by atoms with Gasteiger partial charge in [0, 0.05) is 17.2 Å². The van der Waals surface area contributed by atoms with Gasteiger partial charge in [0.1, 0.15) is 18.0 Å². The zero-order chi connectivity index (χ0) is 31.1. The van der Waals surface area contributed by atoms with Crippen LogP contribution in [0.5, 0.6) is 0 Å². The summed E-state index contributed by atoms with van der Waals surface area (Å²) in [7, 11) is 0. The van der Waals surface area contributed by atoms with Crippen LogP contribution in [0.25, 0.3) is 0 Å². The molecule has 0 saturated heterocycles. The molecule has 0 aliphatic heterocycles. The van der Waals surface area contributed by atoms with Gasteiger partial charge in [-0.2, -0.15) is 0 Å². The number of unbranched alkanes of at least 4 members (excludes halogenated alkanes) is 19. The summed E-state index contributed by atoms with van der Waals surface area (Å²) in [4.78, 5) is 13.5. The summed E-state index contributed by atoms with van der Waals surface area (Å²) in [5, 5.41) is 28.8. The molecule has 0 aromatic carbocycles. The Labute approximate surface area is 266 Å². The van der Waals surface area contributed by atoms with Gasteiger partial charge < -0.3 is 15.3 Å². The lowest BCUT2D eigenvalue weighted by atomic mass is 9.88. The monoisotopic (exact) mass is 610 g/mol. The third-order valence-corrected chi connectivity index (χ3v) is 9.10. The van der Waals surface area contributed by atoms with Crippen molar-refractivity contribution >= 4 is 22.9 Å². The minimum atomic E-state index is -1.22. The van der Waals surface area contributed by atoms with Crippen molar-refractivity contribution in [2.24, 2.45) is 5.92 Å². The van der Waals surface area contributed by atoms with Crippen molar-refractivity contribution in [3.05, 3.63) is 12.2 Å². The van der Waals surface area contributed by atoms with Gasteiger partial charge in [-0.25, -0.2) is 0 Å². The number of aliphatic hydroxyl groups is 3. The zero-order valence-corrected chi connectivity index (χ0v) is 28.7. The highest BCUT2D eigenvalue weighted by molar-refractivity contribution is 7.80. The van der Waals surface area contributed by atoms with Crippen LogP contribution in [0.4, 0.5) is 0 Å². The molecule has 0 aromatic rings. The molecule has 0 aliphatic rings. The Balaban J connectivity index is 4.22. The van der Waals surface area contributed by atoms with Crippen molar-refractivity contribution in [2.45, 2.75) is 199 Å². The Morgan fingerprint density at radius 3 is 1.52 bits per heavy atom. The molecule has 0 bridgehead atoms. The lowest BCUT2D eigenvalue weighted by Gasteiger charge is -2.19. The van der Waals surface area contributed by atoms with E-state index < -0.39 is 18.8 Å². The fourth-order valence-corrected chi connectivity index (χ4v) is 6.03. The number of Topliss-reactive ketones (excluding diaryl/α,β-unsaturated/α-hetero) is 1. The van der Waals surface area contributed by atoms with Crippen molar-refractivity contribution in [3.8, 4) is 0 Å². The van der Waals surface area contributed by atoms with Crippen molar-refractivity contribution in [1.29, 1.82) is 0 Å². The number of carbonyl (C=O) groups excluding carboxylic acids is 1. The van der Waals surface area contributed by atoms with E-state index in [-0.39, 0.29) is 5.92 Å². The van der Waals surface area contributed by atoms with Gasteiger partial charge in [0.25, 0.3) is 0 Å². The van der Waals surface area contributed by atoms with E-state index >= 15 is 0 Å². The van der Waals surface area contributed by atoms with E-state index in [9.17, 15) is 15.0 Å². The second kappa shape index (κ2) is 31.8. The first-order chi connectivity index (χ1) is 20.5. The largest absolute Gasteiger partial charge is 0.394 e. The van der Waals surface area contributed by atoms with Crippen molar-refractivity contribution < 1.29 is 20.1 Å². The van der Waals surface area contributed by atoms with Gasteiger partial charge in [-0.15, -0.1) is 0 Å². The highest BCUT2D eigenvalue weighted by atomic mass is 32.1. The number of thiocarbonyl (C=S) groups is 1. The predicted molar refractivity (Wildman–Crippen MR) is 185 cm³/mol. The lowest BCUT2D eigenvalue weighted by molar-refractivity contribution is -0.123. The van der Waals surface area contributed by atoms with Crippen LogP contribution in [0.3, 0.4) is 0 Å². The quantitative estimate of drug-likeness (QED) is 0.0391. The fraction of sp³-hybridized carbons (Fsp3) is 0.892. The smallest absolute Gasteiger partial charge is 0.135 e. The maximum absolute atomic E-state index is 13.1. The second-order valence-electron chi connectivity index (χ2n) is 12.7. The molecule has 3 unspecified atom stereocenters. The van der Waals surface area contributed by atoms with E-state index in [1.54, 1.807) is 0 Å². The van der Waals surface area contributed by atoms with Gasteiger partial charge in [0.2, 0.25) is 0 Å². The van der Waals surface area contributed by atoms with Crippen LogP contribution in [-0.4, -0.2) is 44.8 Å². The van der Waals surface area contributed by atoms with Gasteiger partial charge in [-0.1, -0.05) is 147 Å². The molecule has 0 heterocycles. The Morgan fingerprint density at radius 2 is 1.02 bits per heavy atom. The minimum Gasteiger partial charge on any atom is -0.394 e.